The van der Waals surface area contributed by atoms with Gasteiger partial charge in [-0.25, -0.2) is 9.37 Å². The van der Waals surface area contributed by atoms with Gasteiger partial charge in [-0.05, 0) is 36.2 Å². The Bertz CT molecular complexity index is 1110. The molecule has 1 unspecified atom stereocenters. The maximum atomic E-state index is 13.6. The standard InChI is InChI=1S/C17H12FN3OS3/c18-9-1-2-13-10(7-9)11(3-5-23-13)19-15(22)14-8-12-16(25-14)20-17-21(12)4-6-24-17/h1-2,4,6-8,11H,3,5H2,(H,19,22). The normalized spacial score (nSPS) is 17.1. The first-order valence-electron chi connectivity index (χ1n) is 7.77. The van der Waals surface area contributed by atoms with Crippen LogP contribution in [0.5, 0.6) is 0 Å². The molecule has 0 fully saturated rings. The van der Waals surface area contributed by atoms with Gasteiger partial charge in [0.25, 0.3) is 5.91 Å². The Labute approximate surface area is 154 Å². The van der Waals surface area contributed by atoms with Crippen LogP contribution in [0.25, 0.3) is 15.3 Å². The second-order valence-electron chi connectivity index (χ2n) is 5.81. The summed E-state index contributed by atoms with van der Waals surface area (Å²) < 4.78 is 15.6. The molecule has 1 N–H and O–H groups in total. The van der Waals surface area contributed by atoms with E-state index in [1.54, 1.807) is 29.2 Å². The molecule has 3 aromatic heterocycles. The number of aromatic nitrogens is 2. The van der Waals surface area contributed by atoms with Crippen LogP contribution in [-0.2, 0) is 0 Å². The van der Waals surface area contributed by atoms with Crippen LogP contribution >= 0.6 is 34.4 Å². The fraction of sp³-hybridized carbons (Fsp3) is 0.176. The number of thiophene rings is 1. The van der Waals surface area contributed by atoms with Crippen LogP contribution < -0.4 is 5.32 Å². The van der Waals surface area contributed by atoms with Crippen LogP contribution in [-0.4, -0.2) is 21.0 Å². The minimum Gasteiger partial charge on any atom is -0.344 e. The van der Waals surface area contributed by atoms with Crippen molar-refractivity contribution >= 4 is 55.7 Å². The van der Waals surface area contributed by atoms with E-state index in [0.717, 1.165) is 37.9 Å². The maximum Gasteiger partial charge on any atom is 0.261 e. The van der Waals surface area contributed by atoms with E-state index < -0.39 is 0 Å². The summed E-state index contributed by atoms with van der Waals surface area (Å²) in [5.74, 6) is 0.517. The molecule has 4 heterocycles. The summed E-state index contributed by atoms with van der Waals surface area (Å²) in [4.78, 5) is 20.7. The van der Waals surface area contributed by atoms with Gasteiger partial charge in [-0.2, -0.15) is 0 Å². The summed E-state index contributed by atoms with van der Waals surface area (Å²) in [6.07, 6.45) is 2.76. The number of hydrogen-bond acceptors (Lipinski definition) is 5. The molecule has 0 aliphatic carbocycles. The molecule has 126 valence electrons. The first-order chi connectivity index (χ1) is 12.2. The Morgan fingerprint density at radius 3 is 3.20 bits per heavy atom. The number of hydrogen-bond donors (Lipinski definition) is 1. The largest absolute Gasteiger partial charge is 0.344 e. The molecule has 0 saturated heterocycles. The molecule has 0 radical (unpaired) electrons. The fourth-order valence-electron chi connectivity index (χ4n) is 3.10. The van der Waals surface area contributed by atoms with E-state index in [9.17, 15) is 9.18 Å². The number of nitrogens with one attached hydrogen (secondary N) is 1. The van der Waals surface area contributed by atoms with Gasteiger partial charge in [-0.1, -0.05) is 0 Å². The van der Waals surface area contributed by atoms with E-state index in [4.69, 9.17) is 0 Å². The van der Waals surface area contributed by atoms with Gasteiger partial charge >= 0.3 is 0 Å². The van der Waals surface area contributed by atoms with Gasteiger partial charge in [0, 0.05) is 22.2 Å². The number of halogens is 1. The van der Waals surface area contributed by atoms with Crippen molar-refractivity contribution in [3.8, 4) is 0 Å². The molecule has 0 spiro atoms. The summed E-state index contributed by atoms with van der Waals surface area (Å²) in [5, 5.41) is 5.04. The molecular formula is C17H12FN3OS3. The monoisotopic (exact) mass is 389 g/mol. The SMILES string of the molecule is O=C(NC1CCSc2ccc(F)cc21)c1cc2c(nc3sccn32)s1. The van der Waals surface area contributed by atoms with Crippen molar-refractivity contribution in [1.82, 2.24) is 14.7 Å². The van der Waals surface area contributed by atoms with E-state index in [1.807, 2.05) is 22.0 Å². The molecular weight excluding hydrogens is 377 g/mol. The van der Waals surface area contributed by atoms with Gasteiger partial charge < -0.3 is 5.32 Å². The van der Waals surface area contributed by atoms with Gasteiger partial charge in [0.05, 0.1) is 16.4 Å². The summed E-state index contributed by atoms with van der Waals surface area (Å²) in [6.45, 7) is 0. The second kappa shape index (κ2) is 5.82. The number of carbonyl (C=O) groups excluding carboxylic acids is 1. The van der Waals surface area contributed by atoms with Crippen LogP contribution in [0.1, 0.15) is 27.7 Å². The van der Waals surface area contributed by atoms with E-state index in [0.29, 0.717) is 4.88 Å². The van der Waals surface area contributed by atoms with E-state index in [-0.39, 0.29) is 17.8 Å². The predicted octanol–water partition coefficient (Wildman–Crippen LogP) is 4.72. The summed E-state index contributed by atoms with van der Waals surface area (Å²) >= 11 is 4.67. The lowest BCUT2D eigenvalue weighted by atomic mass is 10.0. The average Bonchev–Trinajstić information content (AvgIpc) is 3.27. The molecule has 8 heteroatoms. The lowest BCUT2D eigenvalue weighted by molar-refractivity contribution is 0.0939. The highest BCUT2D eigenvalue weighted by atomic mass is 32.2. The Morgan fingerprint density at radius 2 is 2.28 bits per heavy atom. The van der Waals surface area contributed by atoms with Crippen molar-refractivity contribution in [2.24, 2.45) is 0 Å². The minimum absolute atomic E-state index is 0.126. The number of thiazole rings is 1. The van der Waals surface area contributed by atoms with Gasteiger partial charge in [0.1, 0.15) is 10.6 Å². The molecule has 1 amide bonds. The van der Waals surface area contributed by atoms with Crippen molar-refractivity contribution in [3.05, 3.63) is 52.1 Å². The first kappa shape index (κ1) is 15.4. The molecule has 1 aromatic carbocycles. The van der Waals surface area contributed by atoms with E-state index >= 15 is 0 Å². The van der Waals surface area contributed by atoms with Crippen LogP contribution in [0, 0.1) is 5.82 Å². The average molecular weight is 390 g/mol. The zero-order chi connectivity index (χ0) is 17.0. The number of nitrogens with zero attached hydrogens (tertiary/aromatic N) is 2. The van der Waals surface area contributed by atoms with Crippen molar-refractivity contribution in [1.29, 1.82) is 0 Å². The third kappa shape index (κ3) is 2.56. The molecule has 1 aliphatic rings. The highest BCUT2D eigenvalue weighted by Gasteiger charge is 2.24. The Balaban J connectivity index is 1.45. The smallest absolute Gasteiger partial charge is 0.261 e. The van der Waals surface area contributed by atoms with Crippen LogP contribution in [0.2, 0.25) is 0 Å². The number of benzene rings is 1. The number of rotatable bonds is 2. The summed E-state index contributed by atoms with van der Waals surface area (Å²) in [6, 6.07) is 6.52. The van der Waals surface area contributed by atoms with E-state index in [1.165, 1.54) is 23.5 Å². The number of carbonyl (C=O) groups is 1. The third-order valence-corrected chi connectivity index (χ3v) is 7.18. The van der Waals surface area contributed by atoms with Crippen molar-refractivity contribution in [2.45, 2.75) is 17.4 Å². The first-order valence-corrected chi connectivity index (χ1v) is 10.5. The third-order valence-electron chi connectivity index (χ3n) is 4.28. The molecule has 1 atom stereocenters. The van der Waals surface area contributed by atoms with Gasteiger partial charge in [0.15, 0.2) is 4.96 Å². The Hall–Kier alpha value is -1.90. The van der Waals surface area contributed by atoms with Gasteiger partial charge in [-0.3, -0.25) is 9.20 Å². The summed E-state index contributed by atoms with van der Waals surface area (Å²) in [5.41, 5.74) is 1.82. The summed E-state index contributed by atoms with van der Waals surface area (Å²) in [7, 11) is 0. The number of amides is 1. The highest BCUT2D eigenvalue weighted by Crippen LogP contribution is 2.37. The van der Waals surface area contributed by atoms with Crippen LogP contribution in [0.15, 0.2) is 40.7 Å². The Morgan fingerprint density at radius 1 is 1.36 bits per heavy atom. The predicted molar refractivity (Wildman–Crippen MR) is 100 cm³/mol. The second-order valence-corrected chi connectivity index (χ2v) is 8.85. The number of imidazole rings is 1. The van der Waals surface area contributed by atoms with Crippen molar-refractivity contribution in [3.63, 3.8) is 0 Å². The molecule has 0 bridgehead atoms. The minimum atomic E-state index is -0.268. The molecule has 4 nitrogen and oxygen atoms in total. The zero-order valence-corrected chi connectivity index (χ0v) is 15.3. The molecule has 5 rings (SSSR count). The molecule has 0 saturated carbocycles. The lowest BCUT2D eigenvalue weighted by Crippen LogP contribution is -2.30. The lowest BCUT2D eigenvalue weighted by Gasteiger charge is -2.25. The topological polar surface area (TPSA) is 46.4 Å². The zero-order valence-electron chi connectivity index (χ0n) is 12.9. The molecule has 4 aromatic rings. The number of thioether (sulfide) groups is 1. The van der Waals surface area contributed by atoms with Crippen LogP contribution in [0.4, 0.5) is 4.39 Å². The van der Waals surface area contributed by atoms with Crippen LogP contribution in [0.3, 0.4) is 0 Å². The van der Waals surface area contributed by atoms with Gasteiger partial charge in [0.2, 0.25) is 0 Å². The highest BCUT2D eigenvalue weighted by molar-refractivity contribution is 7.99. The maximum absolute atomic E-state index is 13.6. The quantitative estimate of drug-likeness (QED) is 0.540. The Kier molecular flexibility index (Phi) is 3.58. The number of fused-ring (bicyclic) bond motifs is 4. The molecule has 1 aliphatic heterocycles. The fourth-order valence-corrected chi connectivity index (χ4v) is 5.91. The van der Waals surface area contributed by atoms with Crippen molar-refractivity contribution in [2.75, 3.05) is 5.75 Å². The van der Waals surface area contributed by atoms with Crippen molar-refractivity contribution < 1.29 is 9.18 Å². The van der Waals surface area contributed by atoms with E-state index in [2.05, 4.69) is 10.3 Å². The van der Waals surface area contributed by atoms with Gasteiger partial charge in [-0.15, -0.1) is 34.4 Å². The molecule has 25 heavy (non-hydrogen) atoms.